The standard InChI is InChI=1S/C22H13F4N9O4S/c23-11-3-1-10(2-4-11)12-7-14(22(24,25)26)29-20-15(12)16(17(40-20)18(27)36)30-19(37)13-5-6-33(31-13)9-34-8-28-21(32-34)35(38)39/h1-8H,9H2,(H2,27,36)(H,30,37). The van der Waals surface area contributed by atoms with Crippen molar-refractivity contribution < 1.29 is 32.1 Å². The second kappa shape index (κ2) is 9.80. The van der Waals surface area contributed by atoms with Crippen molar-refractivity contribution in [2.24, 2.45) is 5.73 Å². The lowest BCUT2D eigenvalue weighted by molar-refractivity contribution is -0.394. The van der Waals surface area contributed by atoms with Gasteiger partial charge in [0.15, 0.2) is 12.4 Å². The van der Waals surface area contributed by atoms with Crippen molar-refractivity contribution in [1.82, 2.24) is 29.5 Å². The fourth-order valence-corrected chi connectivity index (χ4v) is 4.72. The molecule has 0 saturated heterocycles. The van der Waals surface area contributed by atoms with Gasteiger partial charge in [-0.15, -0.1) is 11.3 Å². The summed E-state index contributed by atoms with van der Waals surface area (Å²) in [5, 5.41) is 20.9. The Hall–Kier alpha value is -5.26. The van der Waals surface area contributed by atoms with Crippen molar-refractivity contribution in [3.63, 3.8) is 0 Å². The molecular weight excluding hydrogens is 562 g/mol. The molecule has 1 aromatic carbocycles. The van der Waals surface area contributed by atoms with Gasteiger partial charge in [-0.3, -0.25) is 9.59 Å². The van der Waals surface area contributed by atoms with Crippen LogP contribution in [0, 0.1) is 15.9 Å². The van der Waals surface area contributed by atoms with Crippen LogP contribution in [0.4, 0.5) is 29.2 Å². The molecule has 0 atom stereocenters. The van der Waals surface area contributed by atoms with Gasteiger partial charge in [0.25, 0.3) is 11.8 Å². The van der Waals surface area contributed by atoms with Crippen LogP contribution in [0.1, 0.15) is 25.9 Å². The third-order valence-electron chi connectivity index (χ3n) is 5.42. The van der Waals surface area contributed by atoms with E-state index in [-0.39, 0.29) is 44.3 Å². The molecule has 0 spiro atoms. The van der Waals surface area contributed by atoms with E-state index in [4.69, 9.17) is 5.73 Å². The summed E-state index contributed by atoms with van der Waals surface area (Å²) in [4.78, 5) is 42.0. The average Bonchev–Trinajstić information content (AvgIpc) is 3.63. The molecule has 18 heteroatoms. The summed E-state index contributed by atoms with van der Waals surface area (Å²) >= 11 is 0.549. The minimum absolute atomic E-state index is 0.0129. The fraction of sp³-hybridized carbons (Fsp3) is 0.0909. The van der Waals surface area contributed by atoms with E-state index in [9.17, 15) is 37.3 Å². The Balaban J connectivity index is 1.55. The molecule has 2 amide bonds. The number of thiophene rings is 1. The molecule has 204 valence electrons. The maximum absolute atomic E-state index is 13.6. The third kappa shape index (κ3) is 5.06. The summed E-state index contributed by atoms with van der Waals surface area (Å²) in [5.41, 5.74) is 3.93. The van der Waals surface area contributed by atoms with Crippen molar-refractivity contribution in [3.8, 4) is 11.1 Å². The number of carbonyl (C=O) groups excluding carboxylic acids is 2. The molecule has 0 fully saturated rings. The zero-order valence-electron chi connectivity index (χ0n) is 19.6. The van der Waals surface area contributed by atoms with E-state index in [0.29, 0.717) is 11.3 Å². The van der Waals surface area contributed by atoms with Gasteiger partial charge in [0, 0.05) is 16.7 Å². The first-order chi connectivity index (χ1) is 18.9. The molecular formula is C22H13F4N9O4S. The molecule has 0 aliphatic carbocycles. The first-order valence-corrected chi connectivity index (χ1v) is 11.7. The van der Waals surface area contributed by atoms with Crippen molar-refractivity contribution >= 4 is 45.0 Å². The van der Waals surface area contributed by atoms with Gasteiger partial charge in [-0.05, 0) is 40.3 Å². The van der Waals surface area contributed by atoms with Gasteiger partial charge in [-0.25, -0.2) is 14.1 Å². The lowest BCUT2D eigenvalue weighted by Gasteiger charge is -2.12. The summed E-state index contributed by atoms with van der Waals surface area (Å²) in [5.74, 6) is -3.14. The highest BCUT2D eigenvalue weighted by Crippen LogP contribution is 2.43. The van der Waals surface area contributed by atoms with E-state index in [1.54, 1.807) is 0 Å². The van der Waals surface area contributed by atoms with E-state index in [0.717, 1.165) is 29.2 Å². The number of nitrogens with zero attached hydrogens (tertiary/aromatic N) is 7. The van der Waals surface area contributed by atoms with E-state index in [2.05, 4.69) is 25.5 Å². The van der Waals surface area contributed by atoms with Crippen LogP contribution in [0.25, 0.3) is 21.3 Å². The molecule has 5 rings (SSSR count). The Morgan fingerprint density at radius 1 is 1.12 bits per heavy atom. The predicted octanol–water partition coefficient (Wildman–Crippen LogP) is 3.67. The minimum Gasteiger partial charge on any atom is -0.390 e. The van der Waals surface area contributed by atoms with Gasteiger partial charge < -0.3 is 21.2 Å². The number of nitrogens with two attached hydrogens (primary N) is 1. The van der Waals surface area contributed by atoms with Crippen molar-refractivity contribution in [2.75, 3.05) is 5.32 Å². The largest absolute Gasteiger partial charge is 0.491 e. The molecule has 0 bridgehead atoms. The molecule has 0 unspecified atom stereocenters. The van der Waals surface area contributed by atoms with Crippen LogP contribution >= 0.6 is 11.3 Å². The predicted molar refractivity (Wildman–Crippen MR) is 131 cm³/mol. The highest BCUT2D eigenvalue weighted by molar-refractivity contribution is 7.21. The molecule has 4 aromatic heterocycles. The van der Waals surface area contributed by atoms with Gasteiger partial charge in [-0.1, -0.05) is 17.1 Å². The first kappa shape index (κ1) is 26.4. The molecule has 0 aliphatic heterocycles. The highest BCUT2D eigenvalue weighted by Gasteiger charge is 2.35. The Labute approximate surface area is 223 Å². The molecule has 4 heterocycles. The number of hydrogen-bond acceptors (Lipinski definition) is 9. The van der Waals surface area contributed by atoms with Crippen LogP contribution in [0.3, 0.4) is 0 Å². The normalized spacial score (nSPS) is 11.6. The van der Waals surface area contributed by atoms with Crippen molar-refractivity contribution in [1.29, 1.82) is 0 Å². The smallest absolute Gasteiger partial charge is 0.390 e. The summed E-state index contributed by atoms with van der Waals surface area (Å²) in [6.45, 7) is -0.138. The lowest BCUT2D eigenvalue weighted by atomic mass is 10.0. The first-order valence-electron chi connectivity index (χ1n) is 10.9. The number of amides is 2. The Morgan fingerprint density at radius 3 is 2.48 bits per heavy atom. The van der Waals surface area contributed by atoms with Gasteiger partial charge in [0.2, 0.25) is 6.33 Å². The molecule has 0 radical (unpaired) electrons. The van der Waals surface area contributed by atoms with Gasteiger partial charge in [0.05, 0.1) is 5.69 Å². The zero-order valence-corrected chi connectivity index (χ0v) is 20.4. The summed E-state index contributed by atoms with van der Waals surface area (Å²) in [6, 6.07) is 6.60. The molecule has 5 aromatic rings. The maximum Gasteiger partial charge on any atom is 0.491 e. The number of halogens is 4. The number of carbonyl (C=O) groups is 2. The van der Waals surface area contributed by atoms with E-state index < -0.39 is 40.4 Å². The number of benzene rings is 1. The summed E-state index contributed by atoms with van der Waals surface area (Å²) < 4.78 is 56.8. The second-order valence-corrected chi connectivity index (χ2v) is 9.09. The Morgan fingerprint density at radius 2 is 1.85 bits per heavy atom. The summed E-state index contributed by atoms with van der Waals surface area (Å²) in [6.07, 6.45) is -2.39. The number of aromatic nitrogens is 6. The number of fused-ring (bicyclic) bond motifs is 1. The number of primary amides is 1. The minimum atomic E-state index is -4.85. The van der Waals surface area contributed by atoms with Crippen LogP contribution in [-0.2, 0) is 12.8 Å². The van der Waals surface area contributed by atoms with Crippen LogP contribution in [0.5, 0.6) is 0 Å². The maximum atomic E-state index is 13.6. The number of nitrogens with one attached hydrogen (secondary N) is 1. The van der Waals surface area contributed by atoms with E-state index in [1.807, 2.05) is 0 Å². The number of rotatable bonds is 7. The topological polar surface area (TPSA) is 177 Å². The number of anilines is 1. The quantitative estimate of drug-likeness (QED) is 0.168. The average molecular weight is 575 g/mol. The van der Waals surface area contributed by atoms with Crippen molar-refractivity contribution in [2.45, 2.75) is 12.8 Å². The zero-order chi connectivity index (χ0) is 28.8. The molecule has 3 N–H and O–H groups in total. The second-order valence-electron chi connectivity index (χ2n) is 8.09. The molecule has 13 nitrogen and oxygen atoms in total. The van der Waals surface area contributed by atoms with Crippen LogP contribution in [0.15, 0.2) is 48.9 Å². The third-order valence-corrected chi connectivity index (χ3v) is 6.52. The van der Waals surface area contributed by atoms with Crippen LogP contribution < -0.4 is 11.1 Å². The summed E-state index contributed by atoms with van der Waals surface area (Å²) in [7, 11) is 0. The Kier molecular flexibility index (Phi) is 6.46. The number of alkyl halides is 3. The molecule has 0 saturated carbocycles. The highest BCUT2D eigenvalue weighted by atomic mass is 32.1. The van der Waals surface area contributed by atoms with Gasteiger partial charge in [-0.2, -0.15) is 23.0 Å². The number of hydrogen-bond donors (Lipinski definition) is 2. The Bertz CT molecular complexity index is 1790. The molecule has 40 heavy (non-hydrogen) atoms. The fourth-order valence-electron chi connectivity index (χ4n) is 3.72. The number of pyridine rings is 1. The monoisotopic (exact) mass is 575 g/mol. The van der Waals surface area contributed by atoms with Gasteiger partial charge >= 0.3 is 12.1 Å². The lowest BCUT2D eigenvalue weighted by Crippen LogP contribution is -2.18. The van der Waals surface area contributed by atoms with Crippen molar-refractivity contribution in [3.05, 3.63) is 81.1 Å². The van der Waals surface area contributed by atoms with E-state index in [1.165, 1.54) is 29.1 Å². The van der Waals surface area contributed by atoms with E-state index >= 15 is 0 Å². The SMILES string of the molecule is NC(=O)c1sc2nc(C(F)(F)F)cc(-c3ccc(F)cc3)c2c1NC(=O)c1ccn(Cn2cnc([N+](=O)[O-])n2)n1. The van der Waals surface area contributed by atoms with Crippen LogP contribution in [0.2, 0.25) is 0 Å². The van der Waals surface area contributed by atoms with Gasteiger partial charge in [0.1, 0.15) is 21.2 Å². The number of nitro groups is 1. The van der Waals surface area contributed by atoms with Crippen LogP contribution in [-0.4, -0.2) is 46.3 Å². The molecule has 0 aliphatic rings.